The van der Waals surface area contributed by atoms with E-state index in [0.29, 0.717) is 32.5 Å². The molecular weight excluding hydrogens is 369 g/mol. The van der Waals surface area contributed by atoms with Crippen molar-refractivity contribution in [3.8, 4) is 0 Å². The Hall–Kier alpha value is -2.73. The molecule has 0 atom stereocenters. The van der Waals surface area contributed by atoms with Gasteiger partial charge in [-0.15, -0.1) is 0 Å². The summed E-state index contributed by atoms with van der Waals surface area (Å²) in [5.41, 5.74) is 2.98. The molecule has 1 heterocycles. The van der Waals surface area contributed by atoms with Crippen molar-refractivity contribution < 1.29 is 18.9 Å². The molecule has 0 spiro atoms. The van der Waals surface area contributed by atoms with E-state index in [1.54, 1.807) is 12.1 Å². The zero-order valence-corrected chi connectivity index (χ0v) is 16.9. The number of carbonyl (C=O) groups excluding carboxylic acids is 2. The van der Waals surface area contributed by atoms with Crippen LogP contribution < -0.4 is 10.2 Å². The van der Waals surface area contributed by atoms with Gasteiger partial charge in [0.2, 0.25) is 5.91 Å². The van der Waals surface area contributed by atoms with Gasteiger partial charge in [-0.2, -0.15) is 0 Å². The second-order valence-electron chi connectivity index (χ2n) is 7.49. The molecule has 1 fully saturated rings. The number of benzene rings is 2. The number of amides is 2. The summed E-state index contributed by atoms with van der Waals surface area (Å²) in [6, 6.07) is 14.2. The maximum absolute atomic E-state index is 13.0. The van der Waals surface area contributed by atoms with Crippen LogP contribution in [0.2, 0.25) is 0 Å². The zero-order chi connectivity index (χ0) is 20.6. The first-order valence-electron chi connectivity index (χ1n) is 10.3. The maximum atomic E-state index is 13.0. The number of quaternary nitrogens is 1. The minimum Gasteiger partial charge on any atom is -0.331 e. The zero-order valence-electron chi connectivity index (χ0n) is 16.9. The lowest BCUT2D eigenvalue weighted by atomic mass is 10.1. The third kappa shape index (κ3) is 6.12. The van der Waals surface area contributed by atoms with Crippen LogP contribution in [0.25, 0.3) is 0 Å². The number of aryl methyl sites for hydroxylation is 2. The average Bonchev–Trinajstić information content (AvgIpc) is 2.74. The molecule has 2 amide bonds. The highest BCUT2D eigenvalue weighted by molar-refractivity contribution is 5.92. The summed E-state index contributed by atoms with van der Waals surface area (Å²) in [6.45, 7) is 5.35. The minimum absolute atomic E-state index is 0.0111. The van der Waals surface area contributed by atoms with E-state index in [9.17, 15) is 14.0 Å². The molecule has 154 valence electrons. The van der Waals surface area contributed by atoms with Crippen molar-refractivity contribution in [2.24, 2.45) is 0 Å². The number of rotatable bonds is 7. The summed E-state index contributed by atoms with van der Waals surface area (Å²) in [5.74, 6) is -0.131. The predicted molar refractivity (Wildman–Crippen MR) is 111 cm³/mol. The van der Waals surface area contributed by atoms with Crippen LogP contribution in [0, 0.1) is 5.82 Å². The third-order valence-corrected chi connectivity index (χ3v) is 5.45. The molecule has 1 aliphatic heterocycles. The Kier molecular flexibility index (Phi) is 7.36. The number of hydrogen-bond acceptors (Lipinski definition) is 2. The smallest absolute Gasteiger partial charge is 0.279 e. The van der Waals surface area contributed by atoms with Gasteiger partial charge >= 0.3 is 0 Å². The number of piperazine rings is 1. The molecule has 29 heavy (non-hydrogen) atoms. The van der Waals surface area contributed by atoms with Crippen LogP contribution in [0.5, 0.6) is 0 Å². The Bertz CT molecular complexity index is 830. The van der Waals surface area contributed by atoms with E-state index in [-0.39, 0.29) is 17.6 Å². The molecule has 0 aliphatic carbocycles. The van der Waals surface area contributed by atoms with E-state index in [0.717, 1.165) is 36.3 Å². The summed E-state index contributed by atoms with van der Waals surface area (Å²) in [6.07, 6.45) is 1.92. The van der Waals surface area contributed by atoms with Gasteiger partial charge in [0.25, 0.3) is 5.91 Å². The lowest BCUT2D eigenvalue weighted by Crippen LogP contribution is -3.15. The summed E-state index contributed by atoms with van der Waals surface area (Å²) in [5, 5.41) is 3.02. The van der Waals surface area contributed by atoms with Crippen molar-refractivity contribution in [3.05, 3.63) is 65.5 Å². The molecule has 3 rings (SSSR count). The van der Waals surface area contributed by atoms with Crippen LogP contribution in [0.4, 0.5) is 10.1 Å². The molecule has 5 nitrogen and oxygen atoms in total. The maximum Gasteiger partial charge on any atom is 0.279 e. The number of hydrogen-bond donors (Lipinski definition) is 2. The Balaban J connectivity index is 1.41. The quantitative estimate of drug-likeness (QED) is 0.746. The fourth-order valence-electron chi connectivity index (χ4n) is 3.68. The molecule has 0 bridgehead atoms. The molecular formula is C23H29FN3O2+. The molecule has 2 aromatic rings. The standard InChI is InChI=1S/C23H28FN3O2/c1-2-19-5-3-4-6-21(19)25-22(28)17-26-13-15-27(16-14-26)23(29)12-9-18-7-10-20(24)11-8-18/h3-8,10-11H,2,9,12-17H2,1H3,(H,25,28)/p+1. The Morgan fingerprint density at radius 1 is 1.07 bits per heavy atom. The van der Waals surface area contributed by atoms with Gasteiger partial charge in [-0.25, -0.2) is 4.39 Å². The predicted octanol–water partition coefficient (Wildman–Crippen LogP) is 1.69. The van der Waals surface area contributed by atoms with Crippen molar-refractivity contribution in [1.82, 2.24) is 4.90 Å². The fourth-order valence-corrected chi connectivity index (χ4v) is 3.68. The van der Waals surface area contributed by atoms with Crippen LogP contribution in [-0.4, -0.2) is 49.4 Å². The van der Waals surface area contributed by atoms with Crippen molar-refractivity contribution >= 4 is 17.5 Å². The van der Waals surface area contributed by atoms with Crippen LogP contribution in [-0.2, 0) is 22.4 Å². The number of nitrogens with one attached hydrogen (secondary N) is 2. The number of para-hydroxylation sites is 1. The monoisotopic (exact) mass is 398 g/mol. The second kappa shape index (κ2) is 10.2. The van der Waals surface area contributed by atoms with Gasteiger partial charge in [0.05, 0.1) is 26.2 Å². The third-order valence-electron chi connectivity index (χ3n) is 5.45. The second-order valence-corrected chi connectivity index (χ2v) is 7.49. The molecule has 0 radical (unpaired) electrons. The van der Waals surface area contributed by atoms with Gasteiger partial charge in [0.15, 0.2) is 6.54 Å². The fraction of sp³-hybridized carbons (Fsp3) is 0.391. The van der Waals surface area contributed by atoms with E-state index >= 15 is 0 Å². The van der Waals surface area contributed by atoms with Crippen LogP contribution in [0.1, 0.15) is 24.5 Å². The van der Waals surface area contributed by atoms with Crippen molar-refractivity contribution in [2.45, 2.75) is 26.2 Å². The molecule has 0 unspecified atom stereocenters. The van der Waals surface area contributed by atoms with E-state index in [1.165, 1.54) is 17.0 Å². The van der Waals surface area contributed by atoms with Crippen molar-refractivity contribution in [3.63, 3.8) is 0 Å². The molecule has 0 aromatic heterocycles. The van der Waals surface area contributed by atoms with E-state index in [2.05, 4.69) is 12.2 Å². The lowest BCUT2D eigenvalue weighted by Gasteiger charge is -2.32. The normalized spacial score (nSPS) is 14.6. The van der Waals surface area contributed by atoms with Gasteiger partial charge in [0, 0.05) is 12.1 Å². The molecule has 0 saturated carbocycles. The summed E-state index contributed by atoms with van der Waals surface area (Å²) in [7, 11) is 0. The molecule has 6 heteroatoms. The summed E-state index contributed by atoms with van der Waals surface area (Å²) in [4.78, 5) is 27.9. The number of carbonyl (C=O) groups is 2. The largest absolute Gasteiger partial charge is 0.331 e. The highest BCUT2D eigenvalue weighted by Gasteiger charge is 2.25. The topological polar surface area (TPSA) is 53.9 Å². The first-order valence-corrected chi connectivity index (χ1v) is 10.3. The summed E-state index contributed by atoms with van der Waals surface area (Å²) >= 11 is 0. The first-order chi connectivity index (χ1) is 14.0. The Morgan fingerprint density at radius 3 is 2.45 bits per heavy atom. The molecule has 2 N–H and O–H groups in total. The Labute approximate surface area is 171 Å². The van der Waals surface area contributed by atoms with E-state index in [4.69, 9.17) is 0 Å². The van der Waals surface area contributed by atoms with Crippen molar-refractivity contribution in [2.75, 3.05) is 38.0 Å². The number of nitrogens with zero attached hydrogens (tertiary/aromatic N) is 1. The van der Waals surface area contributed by atoms with E-state index < -0.39 is 0 Å². The SMILES string of the molecule is CCc1ccccc1NC(=O)C[NH+]1CCN(C(=O)CCc2ccc(F)cc2)CC1. The highest BCUT2D eigenvalue weighted by atomic mass is 19.1. The van der Waals surface area contributed by atoms with Gasteiger partial charge in [-0.3, -0.25) is 9.59 Å². The first kappa shape index (κ1) is 21.0. The van der Waals surface area contributed by atoms with Crippen molar-refractivity contribution in [1.29, 1.82) is 0 Å². The van der Waals surface area contributed by atoms with Crippen LogP contribution in [0.3, 0.4) is 0 Å². The molecule has 1 saturated heterocycles. The number of halogens is 1. The average molecular weight is 399 g/mol. The van der Waals surface area contributed by atoms with Crippen LogP contribution in [0.15, 0.2) is 48.5 Å². The highest BCUT2D eigenvalue weighted by Crippen LogP contribution is 2.14. The van der Waals surface area contributed by atoms with E-state index in [1.807, 2.05) is 29.2 Å². The van der Waals surface area contributed by atoms with Gasteiger partial charge < -0.3 is 15.1 Å². The lowest BCUT2D eigenvalue weighted by molar-refractivity contribution is -0.895. The molecule has 2 aromatic carbocycles. The molecule has 1 aliphatic rings. The van der Waals surface area contributed by atoms with Gasteiger partial charge in [-0.05, 0) is 42.2 Å². The Morgan fingerprint density at radius 2 is 1.76 bits per heavy atom. The van der Waals surface area contributed by atoms with Crippen LogP contribution >= 0.6 is 0 Å². The van der Waals surface area contributed by atoms with Gasteiger partial charge in [-0.1, -0.05) is 37.3 Å². The summed E-state index contributed by atoms with van der Waals surface area (Å²) < 4.78 is 13.0. The van der Waals surface area contributed by atoms with Gasteiger partial charge in [0.1, 0.15) is 5.82 Å². The number of anilines is 1. The minimum atomic E-state index is -0.263.